The third-order valence-corrected chi connectivity index (χ3v) is 8.09. The summed E-state index contributed by atoms with van der Waals surface area (Å²) in [5.74, 6) is 2.78. The van der Waals surface area contributed by atoms with Gasteiger partial charge in [-0.2, -0.15) is 10.1 Å². The van der Waals surface area contributed by atoms with Crippen molar-refractivity contribution in [3.8, 4) is 0 Å². The van der Waals surface area contributed by atoms with E-state index in [-0.39, 0.29) is 30.3 Å². The lowest BCUT2D eigenvalue weighted by atomic mass is 9.81. The molecule has 0 aliphatic carbocycles. The van der Waals surface area contributed by atoms with Crippen LogP contribution in [0.2, 0.25) is 0 Å². The number of carbonyl (C=O) groups excluding carboxylic acids is 1. The summed E-state index contributed by atoms with van der Waals surface area (Å²) in [6, 6.07) is 4.38. The normalized spacial score (nSPS) is 25.5. The van der Waals surface area contributed by atoms with E-state index in [0.717, 1.165) is 68.5 Å². The van der Waals surface area contributed by atoms with Crippen LogP contribution < -0.4 is 10.2 Å². The van der Waals surface area contributed by atoms with Crippen LogP contribution in [0.5, 0.6) is 0 Å². The van der Waals surface area contributed by atoms with Crippen LogP contribution in [-0.2, 0) is 14.2 Å². The minimum absolute atomic E-state index is 0.0372. The number of piperidine rings is 2. The van der Waals surface area contributed by atoms with Gasteiger partial charge >= 0.3 is 6.09 Å². The molecular formula is C27H37N7O4. The Hall–Kier alpha value is -3.34. The SMILES string of the molecule is Cc1cc(Nc2cc(C3=CCCO3)nc(N(C)[C@@H]3C[C@H]4CCC[C@@H](C3)N4C(=O)OC3CCOCC3)n2)n[nH]1. The molecule has 4 aliphatic rings. The molecule has 38 heavy (non-hydrogen) atoms. The molecule has 11 nitrogen and oxygen atoms in total. The third-order valence-electron chi connectivity index (χ3n) is 8.09. The molecule has 3 fully saturated rings. The number of aryl methyl sites for hydroxylation is 1. The molecule has 0 radical (unpaired) electrons. The predicted molar refractivity (Wildman–Crippen MR) is 142 cm³/mol. The van der Waals surface area contributed by atoms with Gasteiger partial charge < -0.3 is 29.3 Å². The summed E-state index contributed by atoms with van der Waals surface area (Å²) in [6.45, 7) is 3.95. The lowest BCUT2D eigenvalue weighted by Crippen LogP contribution is -2.59. The second-order valence-corrected chi connectivity index (χ2v) is 10.8. The van der Waals surface area contributed by atoms with E-state index in [0.29, 0.717) is 37.4 Å². The van der Waals surface area contributed by atoms with Crippen LogP contribution in [0.25, 0.3) is 5.76 Å². The lowest BCUT2D eigenvalue weighted by molar-refractivity contribution is -0.0344. The summed E-state index contributed by atoms with van der Waals surface area (Å²) in [4.78, 5) is 27.2. The van der Waals surface area contributed by atoms with Crippen LogP contribution >= 0.6 is 0 Å². The van der Waals surface area contributed by atoms with E-state index >= 15 is 0 Å². The van der Waals surface area contributed by atoms with Gasteiger partial charge in [0.25, 0.3) is 0 Å². The number of hydrogen-bond acceptors (Lipinski definition) is 9. The number of aromatic amines is 1. The number of fused-ring (bicyclic) bond motifs is 2. The molecule has 2 aromatic heterocycles. The Kier molecular flexibility index (Phi) is 7.10. The van der Waals surface area contributed by atoms with Crippen molar-refractivity contribution >= 4 is 29.4 Å². The zero-order valence-corrected chi connectivity index (χ0v) is 22.2. The fourth-order valence-electron chi connectivity index (χ4n) is 6.12. The Bertz CT molecular complexity index is 1160. The summed E-state index contributed by atoms with van der Waals surface area (Å²) < 4.78 is 17.2. The van der Waals surface area contributed by atoms with E-state index in [1.165, 1.54) is 0 Å². The number of hydrogen-bond donors (Lipinski definition) is 2. The Morgan fingerprint density at radius 3 is 2.58 bits per heavy atom. The third kappa shape index (κ3) is 5.29. The smallest absolute Gasteiger partial charge is 0.410 e. The van der Waals surface area contributed by atoms with Crippen molar-refractivity contribution in [2.75, 3.05) is 37.1 Å². The molecule has 0 saturated carbocycles. The molecule has 3 saturated heterocycles. The van der Waals surface area contributed by atoms with Gasteiger partial charge in [0.05, 0.1) is 19.8 Å². The quantitative estimate of drug-likeness (QED) is 0.576. The highest BCUT2D eigenvalue weighted by Gasteiger charge is 2.43. The number of carbonyl (C=O) groups is 1. The zero-order chi connectivity index (χ0) is 26.1. The molecule has 2 bridgehead atoms. The number of amides is 1. The molecule has 6 heterocycles. The first-order chi connectivity index (χ1) is 18.5. The number of aromatic nitrogens is 4. The van der Waals surface area contributed by atoms with Crippen molar-refractivity contribution in [2.24, 2.45) is 0 Å². The van der Waals surface area contributed by atoms with Crippen LogP contribution in [0.15, 0.2) is 18.2 Å². The minimum atomic E-state index is -0.156. The largest absolute Gasteiger partial charge is 0.491 e. The number of H-pyrrole nitrogens is 1. The first-order valence-corrected chi connectivity index (χ1v) is 13.8. The van der Waals surface area contributed by atoms with Gasteiger partial charge in [-0.05, 0) is 45.1 Å². The maximum absolute atomic E-state index is 13.2. The van der Waals surface area contributed by atoms with Crippen LogP contribution in [0.1, 0.15) is 62.8 Å². The van der Waals surface area contributed by atoms with Crippen molar-refractivity contribution < 1.29 is 19.0 Å². The fraction of sp³-hybridized carbons (Fsp3) is 0.630. The molecule has 0 aromatic carbocycles. The molecule has 11 heteroatoms. The topological polar surface area (TPSA) is 118 Å². The Balaban J connectivity index is 1.20. The van der Waals surface area contributed by atoms with Crippen molar-refractivity contribution in [3.05, 3.63) is 29.6 Å². The molecule has 4 aliphatic heterocycles. The summed E-state index contributed by atoms with van der Waals surface area (Å²) >= 11 is 0. The van der Waals surface area contributed by atoms with Crippen LogP contribution in [0, 0.1) is 6.92 Å². The molecule has 0 unspecified atom stereocenters. The van der Waals surface area contributed by atoms with Crippen molar-refractivity contribution in [3.63, 3.8) is 0 Å². The van der Waals surface area contributed by atoms with Crippen LogP contribution in [-0.4, -0.2) is 82.3 Å². The van der Waals surface area contributed by atoms with Gasteiger partial charge in [-0.25, -0.2) is 9.78 Å². The van der Waals surface area contributed by atoms with Gasteiger partial charge in [0.2, 0.25) is 5.95 Å². The average molecular weight is 524 g/mol. The Labute approximate surface area is 222 Å². The summed E-state index contributed by atoms with van der Waals surface area (Å²) in [7, 11) is 2.06. The van der Waals surface area contributed by atoms with Crippen LogP contribution in [0.4, 0.5) is 22.4 Å². The van der Waals surface area contributed by atoms with Gasteiger partial charge in [0.1, 0.15) is 23.4 Å². The molecule has 204 valence electrons. The molecule has 6 rings (SSSR count). The molecule has 1 amide bonds. The fourth-order valence-corrected chi connectivity index (χ4v) is 6.12. The van der Waals surface area contributed by atoms with Gasteiger partial charge in [-0.3, -0.25) is 5.10 Å². The second-order valence-electron chi connectivity index (χ2n) is 10.8. The van der Waals surface area contributed by atoms with Crippen LogP contribution in [0.3, 0.4) is 0 Å². The highest BCUT2D eigenvalue weighted by molar-refractivity contribution is 5.69. The molecule has 3 atom stereocenters. The highest BCUT2D eigenvalue weighted by Crippen LogP contribution is 2.38. The lowest BCUT2D eigenvalue weighted by Gasteiger charge is -2.50. The van der Waals surface area contributed by atoms with Gasteiger partial charge in [-0.1, -0.05) is 0 Å². The summed E-state index contributed by atoms with van der Waals surface area (Å²) in [5, 5.41) is 10.6. The van der Waals surface area contributed by atoms with E-state index in [2.05, 4.69) is 33.5 Å². The summed E-state index contributed by atoms with van der Waals surface area (Å²) in [5.41, 5.74) is 1.72. The van der Waals surface area contributed by atoms with E-state index in [9.17, 15) is 4.79 Å². The first kappa shape index (κ1) is 25.0. The number of rotatable bonds is 6. The number of nitrogens with one attached hydrogen (secondary N) is 2. The van der Waals surface area contributed by atoms with E-state index in [1.807, 2.05) is 24.0 Å². The predicted octanol–water partition coefficient (Wildman–Crippen LogP) is 4.15. The summed E-state index contributed by atoms with van der Waals surface area (Å²) in [6.07, 6.45) is 9.17. The van der Waals surface area contributed by atoms with E-state index < -0.39 is 0 Å². The number of ether oxygens (including phenoxy) is 3. The van der Waals surface area contributed by atoms with Gasteiger partial charge in [0, 0.05) is 62.3 Å². The Morgan fingerprint density at radius 1 is 1.11 bits per heavy atom. The second kappa shape index (κ2) is 10.8. The number of anilines is 3. The van der Waals surface area contributed by atoms with E-state index in [4.69, 9.17) is 24.2 Å². The van der Waals surface area contributed by atoms with Gasteiger partial charge in [0.15, 0.2) is 5.82 Å². The average Bonchev–Trinajstić information content (AvgIpc) is 3.60. The zero-order valence-electron chi connectivity index (χ0n) is 22.2. The van der Waals surface area contributed by atoms with Crippen molar-refractivity contribution in [1.29, 1.82) is 0 Å². The number of nitrogens with zero attached hydrogens (tertiary/aromatic N) is 5. The molecule has 2 aromatic rings. The molecule has 2 N–H and O–H groups in total. The van der Waals surface area contributed by atoms with E-state index in [1.54, 1.807) is 0 Å². The molecular weight excluding hydrogens is 486 g/mol. The maximum atomic E-state index is 13.2. The Morgan fingerprint density at radius 2 is 1.89 bits per heavy atom. The standard InChI is InChI=1S/C27H37N7O4/c1-17-13-25(32-31-17)29-24-16-22(23-7-4-10-37-23)28-26(30-24)33(2)20-14-18-5-3-6-19(15-20)34(18)27(35)38-21-8-11-36-12-9-21/h7,13,16,18-21H,3-6,8-12,14-15H2,1-2H3,(H2,28,29,30,31,32)/t18-,19+,20-. The monoisotopic (exact) mass is 523 g/mol. The van der Waals surface area contributed by atoms with Crippen molar-refractivity contribution in [2.45, 2.75) is 82.5 Å². The van der Waals surface area contributed by atoms with Gasteiger partial charge in [-0.15, -0.1) is 0 Å². The first-order valence-electron chi connectivity index (χ1n) is 13.8. The molecule has 0 spiro atoms. The minimum Gasteiger partial charge on any atom is -0.491 e. The highest BCUT2D eigenvalue weighted by atomic mass is 16.6. The maximum Gasteiger partial charge on any atom is 0.410 e. The van der Waals surface area contributed by atoms with Crippen molar-refractivity contribution in [1.82, 2.24) is 25.1 Å².